The van der Waals surface area contributed by atoms with Crippen LogP contribution in [-0.2, 0) is 25.7 Å². The van der Waals surface area contributed by atoms with E-state index in [0.717, 1.165) is 21.7 Å². The fraction of sp³-hybridized carbons (Fsp3) is 0.536. The normalized spacial score (nSPS) is 18.9. The molecule has 2 unspecified atom stereocenters. The first-order valence-electron chi connectivity index (χ1n) is 13.1. The van der Waals surface area contributed by atoms with Crippen LogP contribution in [0.5, 0.6) is 0 Å². The summed E-state index contributed by atoms with van der Waals surface area (Å²) >= 11 is 1.57. The van der Waals surface area contributed by atoms with Gasteiger partial charge >= 0.3 is 0 Å². The lowest BCUT2D eigenvalue weighted by molar-refractivity contribution is -0.149. The second-order valence-corrected chi connectivity index (χ2v) is 12.1. The Labute approximate surface area is 233 Å². The Kier molecular flexibility index (Phi) is 9.84. The van der Waals surface area contributed by atoms with Crippen LogP contribution in [0.2, 0.25) is 0 Å². The summed E-state index contributed by atoms with van der Waals surface area (Å²) in [6.45, 7) is 7.70. The predicted octanol–water partition coefficient (Wildman–Crippen LogP) is 2.12. The summed E-state index contributed by atoms with van der Waals surface area (Å²) < 4.78 is 0. The maximum atomic E-state index is 13.9. The molecule has 1 aromatic heterocycles. The summed E-state index contributed by atoms with van der Waals surface area (Å²) in [5.41, 5.74) is 15.0. The quantitative estimate of drug-likeness (QED) is 0.330. The molecule has 4 atom stereocenters. The Morgan fingerprint density at radius 3 is 2.38 bits per heavy atom. The van der Waals surface area contributed by atoms with Crippen molar-refractivity contribution < 1.29 is 24.3 Å². The summed E-state index contributed by atoms with van der Waals surface area (Å²) in [7, 11) is 0. The fourth-order valence-electron chi connectivity index (χ4n) is 5.26. The maximum Gasteiger partial charge on any atom is 0.243 e. The number of aryl methyl sites for hydroxylation is 1. The van der Waals surface area contributed by atoms with Crippen molar-refractivity contribution in [1.82, 2.24) is 15.2 Å². The number of nitrogens with one attached hydrogen (secondary N) is 1. The van der Waals surface area contributed by atoms with Gasteiger partial charge in [-0.05, 0) is 36.3 Å². The molecule has 1 saturated heterocycles. The zero-order valence-electron chi connectivity index (χ0n) is 23.0. The SMILES string of the molecule is Cc1ncsc1-c1ccc(CNC(=O)[C@@H]2C[C@@H](O)CN2C(=O)C(C(CCCC(N)=O)C(N)=O)C(C)(C)C)cc1. The first kappa shape index (κ1) is 30.2. The van der Waals surface area contributed by atoms with Crippen molar-refractivity contribution in [2.24, 2.45) is 28.7 Å². The van der Waals surface area contributed by atoms with Gasteiger partial charge in [-0.15, -0.1) is 11.3 Å². The Hall–Kier alpha value is -3.31. The van der Waals surface area contributed by atoms with Crippen LogP contribution in [0.15, 0.2) is 29.8 Å². The van der Waals surface area contributed by atoms with Gasteiger partial charge in [-0.3, -0.25) is 19.2 Å². The van der Waals surface area contributed by atoms with E-state index in [0.29, 0.717) is 6.42 Å². The van der Waals surface area contributed by atoms with Gasteiger partial charge in [0, 0.05) is 31.8 Å². The number of aromatic nitrogens is 1. The highest BCUT2D eigenvalue weighted by atomic mass is 32.1. The Balaban J connectivity index is 1.73. The minimum absolute atomic E-state index is 0.0147. The van der Waals surface area contributed by atoms with Crippen LogP contribution in [0, 0.1) is 24.2 Å². The number of aliphatic hydroxyl groups excluding tert-OH is 1. The number of likely N-dealkylation sites (tertiary alicyclic amines) is 1. The highest BCUT2D eigenvalue weighted by Gasteiger charge is 2.47. The first-order chi connectivity index (χ1) is 18.3. The Morgan fingerprint density at radius 2 is 1.85 bits per heavy atom. The summed E-state index contributed by atoms with van der Waals surface area (Å²) in [5.74, 6) is -3.62. The molecule has 2 aromatic rings. The predicted molar refractivity (Wildman–Crippen MR) is 149 cm³/mol. The van der Waals surface area contributed by atoms with Gasteiger partial charge in [0.15, 0.2) is 0 Å². The van der Waals surface area contributed by atoms with Crippen LogP contribution in [0.25, 0.3) is 10.4 Å². The van der Waals surface area contributed by atoms with Crippen molar-refractivity contribution in [3.05, 3.63) is 41.0 Å². The molecule has 3 rings (SSSR count). The van der Waals surface area contributed by atoms with Crippen molar-refractivity contribution in [2.75, 3.05) is 6.54 Å². The molecule has 0 aliphatic carbocycles. The number of β-amino-alcohol motifs (C(OH)–C–C–N with tert-alkyl or cyclic N) is 1. The molecule has 1 aromatic carbocycles. The van der Waals surface area contributed by atoms with Crippen molar-refractivity contribution in [3.63, 3.8) is 0 Å². The lowest BCUT2D eigenvalue weighted by Crippen LogP contribution is -2.53. The van der Waals surface area contributed by atoms with Crippen LogP contribution >= 0.6 is 11.3 Å². The molecule has 1 fully saturated rings. The number of hydrogen-bond donors (Lipinski definition) is 4. The van der Waals surface area contributed by atoms with Gasteiger partial charge in [0.1, 0.15) is 6.04 Å². The third kappa shape index (κ3) is 7.63. The number of benzene rings is 1. The molecule has 2 heterocycles. The topological polar surface area (TPSA) is 169 Å². The number of amides is 4. The van der Waals surface area contributed by atoms with Crippen molar-refractivity contribution in [3.8, 4) is 10.4 Å². The monoisotopic (exact) mass is 557 g/mol. The average molecular weight is 558 g/mol. The van der Waals surface area contributed by atoms with Gasteiger partial charge in [0.2, 0.25) is 23.6 Å². The third-order valence-electron chi connectivity index (χ3n) is 7.20. The molecule has 39 heavy (non-hydrogen) atoms. The number of nitrogens with two attached hydrogens (primary N) is 2. The molecule has 0 radical (unpaired) electrons. The number of nitrogens with zero attached hydrogens (tertiary/aromatic N) is 2. The highest BCUT2D eigenvalue weighted by Crippen LogP contribution is 2.38. The summed E-state index contributed by atoms with van der Waals surface area (Å²) in [5, 5.41) is 13.3. The molecule has 10 nitrogen and oxygen atoms in total. The largest absolute Gasteiger partial charge is 0.391 e. The molecule has 0 bridgehead atoms. The fourth-order valence-corrected chi connectivity index (χ4v) is 6.07. The number of carbonyl (C=O) groups excluding carboxylic acids is 4. The highest BCUT2D eigenvalue weighted by molar-refractivity contribution is 7.13. The molecule has 0 spiro atoms. The average Bonchev–Trinajstić information content (AvgIpc) is 3.46. The van der Waals surface area contributed by atoms with E-state index in [-0.39, 0.29) is 38.3 Å². The third-order valence-corrected chi connectivity index (χ3v) is 8.18. The Morgan fingerprint density at radius 1 is 1.18 bits per heavy atom. The molecular weight excluding hydrogens is 518 g/mol. The van der Waals surface area contributed by atoms with Gasteiger partial charge in [-0.1, -0.05) is 45.0 Å². The van der Waals surface area contributed by atoms with Crippen LogP contribution in [-0.4, -0.2) is 57.3 Å². The van der Waals surface area contributed by atoms with E-state index in [4.69, 9.17) is 11.5 Å². The summed E-state index contributed by atoms with van der Waals surface area (Å²) in [4.78, 5) is 57.5. The number of thiazole rings is 1. The van der Waals surface area contributed by atoms with Gasteiger partial charge < -0.3 is 26.8 Å². The minimum Gasteiger partial charge on any atom is -0.391 e. The molecule has 11 heteroatoms. The zero-order valence-corrected chi connectivity index (χ0v) is 23.8. The smallest absolute Gasteiger partial charge is 0.243 e. The standard InChI is InChI=1S/C28H39N5O5S/c1-16-24(39-15-32-16)18-10-8-17(9-11-18)13-31-26(37)21-12-19(34)14-33(21)27(38)23(28(2,3)4)20(25(30)36)6-5-7-22(29)35/h8-11,15,19-21,23,34H,5-7,12-14H2,1-4H3,(H2,29,35)(H2,30,36)(H,31,37)/t19-,20?,21+,23?/m1/s1. The first-order valence-corrected chi connectivity index (χ1v) is 14.0. The summed E-state index contributed by atoms with van der Waals surface area (Å²) in [6.07, 6.45) is -0.157. The van der Waals surface area contributed by atoms with Crippen molar-refractivity contribution in [1.29, 1.82) is 0 Å². The summed E-state index contributed by atoms with van der Waals surface area (Å²) in [6, 6.07) is 6.94. The molecule has 6 N–H and O–H groups in total. The number of carbonyl (C=O) groups is 4. The van der Waals surface area contributed by atoms with E-state index in [2.05, 4.69) is 10.3 Å². The van der Waals surface area contributed by atoms with E-state index < -0.39 is 47.1 Å². The van der Waals surface area contributed by atoms with E-state index >= 15 is 0 Å². The lowest BCUT2D eigenvalue weighted by Gasteiger charge is -2.38. The van der Waals surface area contributed by atoms with Crippen LogP contribution in [0.3, 0.4) is 0 Å². The zero-order chi connectivity index (χ0) is 28.9. The number of rotatable bonds is 11. The van der Waals surface area contributed by atoms with E-state index in [1.54, 1.807) is 16.8 Å². The van der Waals surface area contributed by atoms with Crippen LogP contribution in [0.1, 0.15) is 57.7 Å². The van der Waals surface area contributed by atoms with Crippen molar-refractivity contribution in [2.45, 2.75) is 72.1 Å². The number of hydrogen-bond acceptors (Lipinski definition) is 7. The number of primary amides is 2. The van der Waals surface area contributed by atoms with Crippen LogP contribution in [0.4, 0.5) is 0 Å². The van der Waals surface area contributed by atoms with E-state index in [1.807, 2.05) is 52.0 Å². The maximum absolute atomic E-state index is 13.9. The lowest BCUT2D eigenvalue weighted by atomic mass is 9.70. The molecule has 1 aliphatic heterocycles. The molecule has 1 aliphatic rings. The molecular formula is C28H39N5O5S. The van der Waals surface area contributed by atoms with Gasteiger partial charge in [-0.25, -0.2) is 4.98 Å². The van der Waals surface area contributed by atoms with Gasteiger partial charge in [-0.2, -0.15) is 0 Å². The van der Waals surface area contributed by atoms with Gasteiger partial charge in [0.25, 0.3) is 0 Å². The van der Waals surface area contributed by atoms with Crippen LogP contribution < -0.4 is 16.8 Å². The van der Waals surface area contributed by atoms with E-state index in [1.165, 1.54) is 4.90 Å². The second-order valence-electron chi connectivity index (χ2n) is 11.3. The van der Waals surface area contributed by atoms with Crippen molar-refractivity contribution >= 4 is 35.0 Å². The Bertz CT molecular complexity index is 1190. The van der Waals surface area contributed by atoms with E-state index in [9.17, 15) is 24.3 Å². The minimum atomic E-state index is -0.879. The van der Waals surface area contributed by atoms with Gasteiger partial charge in [0.05, 0.1) is 28.1 Å². The molecule has 212 valence electrons. The molecule has 0 saturated carbocycles. The second kappa shape index (κ2) is 12.7. The number of aliphatic hydroxyl groups is 1. The molecule has 4 amide bonds.